The molecule has 1 unspecified atom stereocenters. The van der Waals surface area contributed by atoms with Crippen molar-refractivity contribution in [3.63, 3.8) is 0 Å². The van der Waals surface area contributed by atoms with Gasteiger partial charge in [-0.3, -0.25) is 4.18 Å². The van der Waals surface area contributed by atoms with E-state index in [1.807, 2.05) is 13.8 Å². The summed E-state index contributed by atoms with van der Waals surface area (Å²) in [4.78, 5) is 10.8. The maximum Gasteiger partial charge on any atom is 0.271 e. The molecule has 146 valence electrons. The monoisotopic (exact) mass is 403 g/mol. The summed E-state index contributed by atoms with van der Waals surface area (Å²) in [5.41, 5.74) is -0.565. The highest BCUT2D eigenvalue weighted by Gasteiger charge is 2.43. The average Bonchev–Trinajstić information content (AvgIpc) is 3.40. The molecular weight excluding hydrogens is 378 g/mol. The molecule has 1 aromatic rings. The number of nitrogens with zero attached hydrogens (tertiary/aromatic N) is 3. The molecule has 7 nitrogen and oxygen atoms in total. The minimum atomic E-state index is -3.61. The Hall–Kier alpha value is -0.960. The minimum Gasteiger partial charge on any atom is -0.377 e. The number of halogens is 1. The van der Waals surface area contributed by atoms with Gasteiger partial charge in [-0.05, 0) is 44.7 Å². The Bertz CT molecular complexity index is 756. The molecule has 0 amide bonds. The van der Waals surface area contributed by atoms with Crippen LogP contribution in [0.2, 0.25) is 5.28 Å². The van der Waals surface area contributed by atoms with Crippen LogP contribution in [-0.4, -0.2) is 49.4 Å². The maximum absolute atomic E-state index is 12.5. The van der Waals surface area contributed by atoms with Gasteiger partial charge in [0.25, 0.3) is 10.1 Å². The van der Waals surface area contributed by atoms with Crippen LogP contribution in [0.15, 0.2) is 6.07 Å². The number of ether oxygens (including phenoxy) is 1. The predicted octanol–water partition coefficient (Wildman–Crippen LogP) is 2.88. The van der Waals surface area contributed by atoms with Crippen LogP contribution in [0.1, 0.15) is 52.1 Å². The SMILES string of the molecule is CCCC(C)(OS(=O)(=O)C1CC1)c1cc(N2CCOC[C@@H]2C)nc(Cl)n1. The standard InChI is InChI=1S/C17H26ClN3O4S/c1-4-7-17(3,25-26(22,23)13-5-6-13)14-10-15(20-16(18)19-14)21-8-9-24-11-12(21)2/h10,12-13H,4-9,11H2,1-3H3/t12-,17?/m0/s1. The summed E-state index contributed by atoms with van der Waals surface area (Å²) in [7, 11) is -3.61. The number of hydrogen-bond donors (Lipinski definition) is 0. The van der Waals surface area contributed by atoms with E-state index in [9.17, 15) is 8.42 Å². The van der Waals surface area contributed by atoms with Crippen LogP contribution in [0.4, 0.5) is 5.82 Å². The van der Waals surface area contributed by atoms with E-state index in [4.69, 9.17) is 20.5 Å². The van der Waals surface area contributed by atoms with Crippen molar-refractivity contribution in [2.24, 2.45) is 0 Å². The van der Waals surface area contributed by atoms with Crippen molar-refractivity contribution < 1.29 is 17.3 Å². The summed E-state index contributed by atoms with van der Waals surface area (Å²) in [5.74, 6) is 0.672. The first-order valence-electron chi connectivity index (χ1n) is 9.09. The Labute approximate surface area is 160 Å². The Kier molecular flexibility index (Phi) is 5.77. The van der Waals surface area contributed by atoms with Gasteiger partial charge in [-0.25, -0.2) is 9.97 Å². The number of anilines is 1. The second kappa shape index (κ2) is 7.58. The van der Waals surface area contributed by atoms with Crippen molar-refractivity contribution >= 4 is 27.5 Å². The topological polar surface area (TPSA) is 81.6 Å². The molecule has 1 aliphatic carbocycles. The zero-order chi connectivity index (χ0) is 18.9. The molecule has 3 rings (SSSR count). The molecular formula is C17H26ClN3O4S. The summed E-state index contributed by atoms with van der Waals surface area (Å²) in [6, 6.07) is 1.95. The molecule has 9 heteroatoms. The van der Waals surface area contributed by atoms with E-state index in [-0.39, 0.29) is 11.3 Å². The van der Waals surface area contributed by atoms with Gasteiger partial charge < -0.3 is 9.64 Å². The van der Waals surface area contributed by atoms with Crippen molar-refractivity contribution in [3.05, 3.63) is 17.0 Å². The van der Waals surface area contributed by atoms with Gasteiger partial charge in [0.05, 0.1) is 30.2 Å². The lowest BCUT2D eigenvalue weighted by Crippen LogP contribution is -2.44. The summed E-state index contributed by atoms with van der Waals surface area (Å²) >= 11 is 6.18. The molecule has 1 aromatic heterocycles. The molecule has 0 N–H and O–H groups in total. The van der Waals surface area contributed by atoms with Gasteiger partial charge in [0.2, 0.25) is 5.28 Å². The van der Waals surface area contributed by atoms with Crippen LogP contribution in [-0.2, 0) is 24.6 Å². The average molecular weight is 404 g/mol. The van der Waals surface area contributed by atoms with Crippen LogP contribution < -0.4 is 4.90 Å². The summed E-state index contributed by atoms with van der Waals surface area (Å²) in [6.07, 6.45) is 2.59. The summed E-state index contributed by atoms with van der Waals surface area (Å²) in [5, 5.41) is -0.305. The molecule has 0 aromatic carbocycles. The Morgan fingerprint density at radius 1 is 1.42 bits per heavy atom. The van der Waals surface area contributed by atoms with Gasteiger partial charge in [0.15, 0.2) is 0 Å². The third-order valence-corrected chi connectivity index (χ3v) is 6.91. The Morgan fingerprint density at radius 3 is 2.77 bits per heavy atom. The van der Waals surface area contributed by atoms with Gasteiger partial charge in [0.1, 0.15) is 11.4 Å². The van der Waals surface area contributed by atoms with Gasteiger partial charge >= 0.3 is 0 Å². The largest absolute Gasteiger partial charge is 0.377 e. The molecule has 2 aliphatic rings. The highest BCUT2D eigenvalue weighted by Crippen LogP contribution is 2.38. The smallest absolute Gasteiger partial charge is 0.271 e. The molecule has 0 bridgehead atoms. The minimum absolute atomic E-state index is 0.0888. The molecule has 26 heavy (non-hydrogen) atoms. The fourth-order valence-electron chi connectivity index (χ4n) is 3.26. The fourth-order valence-corrected chi connectivity index (χ4v) is 4.97. The lowest BCUT2D eigenvalue weighted by Gasteiger charge is -2.35. The number of rotatable bonds is 7. The fraction of sp³-hybridized carbons (Fsp3) is 0.765. The molecule has 1 saturated heterocycles. The van der Waals surface area contributed by atoms with Crippen molar-refractivity contribution in [3.8, 4) is 0 Å². The molecule has 1 saturated carbocycles. The lowest BCUT2D eigenvalue weighted by molar-refractivity contribution is 0.0789. The number of hydrogen-bond acceptors (Lipinski definition) is 7. The van der Waals surface area contributed by atoms with Crippen LogP contribution >= 0.6 is 11.6 Å². The normalized spacial score (nSPS) is 23.7. The molecule has 2 heterocycles. The Morgan fingerprint density at radius 2 is 2.15 bits per heavy atom. The third-order valence-electron chi connectivity index (χ3n) is 4.85. The van der Waals surface area contributed by atoms with Crippen molar-refractivity contribution in [2.45, 2.75) is 63.3 Å². The van der Waals surface area contributed by atoms with E-state index in [2.05, 4.69) is 14.9 Å². The van der Waals surface area contributed by atoms with Crippen LogP contribution in [0, 0.1) is 0 Å². The van der Waals surface area contributed by atoms with Crippen molar-refractivity contribution in [1.82, 2.24) is 9.97 Å². The maximum atomic E-state index is 12.5. The number of aromatic nitrogens is 2. The quantitative estimate of drug-likeness (QED) is 0.511. The zero-order valence-electron chi connectivity index (χ0n) is 15.4. The third kappa shape index (κ3) is 4.30. The van der Waals surface area contributed by atoms with E-state index in [1.165, 1.54) is 0 Å². The van der Waals surface area contributed by atoms with Gasteiger partial charge in [-0.1, -0.05) is 13.3 Å². The molecule has 0 radical (unpaired) electrons. The second-order valence-corrected chi connectivity index (χ2v) is 9.41. The van der Waals surface area contributed by atoms with E-state index < -0.39 is 21.0 Å². The Balaban J connectivity index is 1.96. The van der Waals surface area contributed by atoms with Crippen molar-refractivity contribution in [2.75, 3.05) is 24.7 Å². The highest BCUT2D eigenvalue weighted by atomic mass is 35.5. The van der Waals surface area contributed by atoms with E-state index in [1.54, 1.807) is 13.0 Å². The lowest BCUT2D eigenvalue weighted by atomic mass is 9.96. The second-order valence-electron chi connectivity index (χ2n) is 7.25. The molecule has 2 atom stereocenters. The van der Waals surface area contributed by atoms with Gasteiger partial charge in [0, 0.05) is 12.6 Å². The van der Waals surface area contributed by atoms with E-state index >= 15 is 0 Å². The first kappa shape index (κ1) is 19.8. The first-order valence-corrected chi connectivity index (χ1v) is 10.9. The van der Waals surface area contributed by atoms with Gasteiger partial charge in [-0.2, -0.15) is 8.42 Å². The van der Waals surface area contributed by atoms with Crippen molar-refractivity contribution in [1.29, 1.82) is 0 Å². The first-order chi connectivity index (χ1) is 12.2. The van der Waals surface area contributed by atoms with Crippen LogP contribution in [0.25, 0.3) is 0 Å². The molecule has 0 spiro atoms. The van der Waals surface area contributed by atoms with Crippen LogP contribution in [0.5, 0.6) is 0 Å². The van der Waals surface area contributed by atoms with E-state index in [0.29, 0.717) is 50.5 Å². The number of morpholine rings is 1. The van der Waals surface area contributed by atoms with Crippen LogP contribution in [0.3, 0.4) is 0 Å². The van der Waals surface area contributed by atoms with Gasteiger partial charge in [-0.15, -0.1) is 0 Å². The predicted molar refractivity (Wildman–Crippen MR) is 100.0 cm³/mol. The summed E-state index contributed by atoms with van der Waals surface area (Å²) < 4.78 is 36.1. The molecule has 2 fully saturated rings. The zero-order valence-corrected chi connectivity index (χ0v) is 17.0. The highest BCUT2D eigenvalue weighted by molar-refractivity contribution is 7.87. The summed E-state index contributed by atoms with van der Waals surface area (Å²) in [6.45, 7) is 7.71. The molecule has 1 aliphatic heterocycles. The van der Waals surface area contributed by atoms with E-state index in [0.717, 1.165) is 6.42 Å².